The first-order valence-corrected chi connectivity index (χ1v) is 4.97. The molecule has 0 N–H and O–H groups in total. The van der Waals surface area contributed by atoms with E-state index in [-0.39, 0.29) is 11.0 Å². The molecule has 14 heavy (non-hydrogen) atoms. The van der Waals surface area contributed by atoms with Gasteiger partial charge in [-0.1, -0.05) is 64.5 Å². The summed E-state index contributed by atoms with van der Waals surface area (Å²) < 4.78 is 1.14. The average Bonchev–Trinajstić information content (AvgIpc) is 2.20. The molecule has 0 aromatic heterocycles. The van der Waals surface area contributed by atoms with Crippen molar-refractivity contribution in [3.8, 4) is 11.1 Å². The van der Waals surface area contributed by atoms with Crippen molar-refractivity contribution >= 4 is 26.9 Å². The molecular formula is C12H13BrSi. The van der Waals surface area contributed by atoms with Gasteiger partial charge in [-0.25, -0.2) is 0 Å². The van der Waals surface area contributed by atoms with Gasteiger partial charge in [-0.2, -0.15) is 0 Å². The number of hydrogen-bond acceptors (Lipinski definition) is 0. The molecule has 2 heteroatoms. The molecule has 72 valence electrons. The standard InChI is InChI=1S/C12H9Br.H4Si/c13-12-9-5-4-8-11(12)10-6-2-1-3-7-10;/h1-9H;1H4. The van der Waals surface area contributed by atoms with Crippen molar-refractivity contribution in [3.05, 3.63) is 59.1 Å². The Hall–Kier alpha value is -0.863. The topological polar surface area (TPSA) is 0 Å². The van der Waals surface area contributed by atoms with E-state index in [1.807, 2.05) is 18.2 Å². The van der Waals surface area contributed by atoms with Crippen LogP contribution in [0, 0.1) is 0 Å². The van der Waals surface area contributed by atoms with Crippen LogP contribution in [0.3, 0.4) is 0 Å². The predicted octanol–water partition coefficient (Wildman–Crippen LogP) is 2.66. The van der Waals surface area contributed by atoms with Crippen LogP contribution < -0.4 is 0 Å². The summed E-state index contributed by atoms with van der Waals surface area (Å²) in [7, 11) is 0. The maximum absolute atomic E-state index is 3.53. The molecule has 2 aromatic carbocycles. The molecule has 0 aliphatic carbocycles. The second-order valence-electron chi connectivity index (χ2n) is 2.85. The van der Waals surface area contributed by atoms with E-state index in [9.17, 15) is 0 Å². The van der Waals surface area contributed by atoms with E-state index in [1.54, 1.807) is 0 Å². The van der Waals surface area contributed by atoms with Gasteiger partial charge in [-0.3, -0.25) is 0 Å². The van der Waals surface area contributed by atoms with E-state index in [4.69, 9.17) is 0 Å². The zero-order valence-electron chi connectivity index (χ0n) is 7.07. The third kappa shape index (κ3) is 2.34. The zero-order valence-corrected chi connectivity index (χ0v) is 8.66. The minimum Gasteiger partial charge on any atom is -0.0622 e. The SMILES string of the molecule is Brc1ccccc1-c1ccccc1.[SiH4]. The maximum Gasteiger partial charge on any atom is 0.0253 e. The lowest BCUT2D eigenvalue weighted by Crippen LogP contribution is -1.77. The smallest absolute Gasteiger partial charge is 0.0253 e. The van der Waals surface area contributed by atoms with Crippen LogP contribution in [0.5, 0.6) is 0 Å². The summed E-state index contributed by atoms with van der Waals surface area (Å²) >= 11 is 3.53. The molecule has 0 spiro atoms. The van der Waals surface area contributed by atoms with E-state index in [1.165, 1.54) is 11.1 Å². The van der Waals surface area contributed by atoms with Gasteiger partial charge in [0, 0.05) is 4.47 Å². The minimum atomic E-state index is 0. The molecule has 0 aliphatic rings. The van der Waals surface area contributed by atoms with E-state index in [2.05, 4.69) is 52.3 Å². The Kier molecular flexibility index (Phi) is 4.11. The van der Waals surface area contributed by atoms with E-state index < -0.39 is 0 Å². The summed E-state index contributed by atoms with van der Waals surface area (Å²) in [5, 5.41) is 0. The fraction of sp³-hybridized carbons (Fsp3) is 0. The lowest BCUT2D eigenvalue weighted by Gasteiger charge is -2.02. The van der Waals surface area contributed by atoms with Crippen molar-refractivity contribution in [1.29, 1.82) is 0 Å². The van der Waals surface area contributed by atoms with Gasteiger partial charge in [0.15, 0.2) is 0 Å². The molecule has 0 aliphatic heterocycles. The fourth-order valence-corrected chi connectivity index (χ4v) is 1.83. The van der Waals surface area contributed by atoms with Crippen molar-refractivity contribution < 1.29 is 0 Å². The Labute approximate surface area is 97.1 Å². The van der Waals surface area contributed by atoms with Crippen molar-refractivity contribution in [1.82, 2.24) is 0 Å². The monoisotopic (exact) mass is 264 g/mol. The van der Waals surface area contributed by atoms with Crippen LogP contribution >= 0.6 is 15.9 Å². The predicted molar refractivity (Wildman–Crippen MR) is 70.9 cm³/mol. The molecule has 0 fully saturated rings. The van der Waals surface area contributed by atoms with Crippen LogP contribution in [0.4, 0.5) is 0 Å². The van der Waals surface area contributed by atoms with Crippen LogP contribution in [-0.4, -0.2) is 11.0 Å². The highest BCUT2D eigenvalue weighted by molar-refractivity contribution is 9.10. The molecule has 2 rings (SSSR count). The molecule has 0 nitrogen and oxygen atoms in total. The quantitative estimate of drug-likeness (QED) is 0.695. The molecule has 0 heterocycles. The average molecular weight is 265 g/mol. The zero-order chi connectivity index (χ0) is 9.10. The Morgan fingerprint density at radius 1 is 0.714 bits per heavy atom. The molecule has 0 unspecified atom stereocenters. The van der Waals surface area contributed by atoms with Crippen LogP contribution in [0.1, 0.15) is 0 Å². The van der Waals surface area contributed by atoms with E-state index in [0.29, 0.717) is 0 Å². The Balaban J connectivity index is 0.000000980. The first-order valence-electron chi connectivity index (χ1n) is 4.18. The highest BCUT2D eigenvalue weighted by Gasteiger charge is 1.99. The lowest BCUT2D eigenvalue weighted by molar-refractivity contribution is 1.58. The van der Waals surface area contributed by atoms with Gasteiger partial charge in [0.05, 0.1) is 0 Å². The number of halogens is 1. The van der Waals surface area contributed by atoms with Crippen LogP contribution in [0.15, 0.2) is 59.1 Å². The van der Waals surface area contributed by atoms with Gasteiger partial charge >= 0.3 is 0 Å². The second kappa shape index (κ2) is 5.13. The normalized spacial score (nSPS) is 9.21. The van der Waals surface area contributed by atoms with Gasteiger partial charge in [-0.15, -0.1) is 0 Å². The van der Waals surface area contributed by atoms with Gasteiger partial charge in [0.1, 0.15) is 0 Å². The van der Waals surface area contributed by atoms with Crippen LogP contribution in [0.25, 0.3) is 11.1 Å². The third-order valence-corrected chi connectivity index (χ3v) is 2.65. The maximum atomic E-state index is 3.53. The van der Waals surface area contributed by atoms with Crippen molar-refractivity contribution in [2.75, 3.05) is 0 Å². The highest BCUT2D eigenvalue weighted by Crippen LogP contribution is 2.27. The van der Waals surface area contributed by atoms with Crippen molar-refractivity contribution in [3.63, 3.8) is 0 Å². The summed E-state index contributed by atoms with van der Waals surface area (Å²) in [5.41, 5.74) is 2.48. The van der Waals surface area contributed by atoms with Gasteiger partial charge in [0.2, 0.25) is 0 Å². The lowest BCUT2D eigenvalue weighted by atomic mass is 10.1. The van der Waals surface area contributed by atoms with E-state index >= 15 is 0 Å². The Bertz CT molecular complexity index is 398. The number of hydrogen-bond donors (Lipinski definition) is 0. The van der Waals surface area contributed by atoms with Gasteiger partial charge < -0.3 is 0 Å². The first-order chi connectivity index (χ1) is 6.38. The first kappa shape index (κ1) is 11.2. The summed E-state index contributed by atoms with van der Waals surface area (Å²) in [4.78, 5) is 0. The molecule has 0 radical (unpaired) electrons. The summed E-state index contributed by atoms with van der Waals surface area (Å²) in [6.45, 7) is 0. The summed E-state index contributed by atoms with van der Waals surface area (Å²) in [6.07, 6.45) is 0. The number of benzene rings is 2. The van der Waals surface area contributed by atoms with Gasteiger partial charge in [-0.05, 0) is 28.2 Å². The van der Waals surface area contributed by atoms with Gasteiger partial charge in [0.25, 0.3) is 0 Å². The summed E-state index contributed by atoms with van der Waals surface area (Å²) in [5.74, 6) is 0. The molecule has 0 atom stereocenters. The second-order valence-corrected chi connectivity index (χ2v) is 3.70. The molecule has 0 amide bonds. The van der Waals surface area contributed by atoms with Crippen molar-refractivity contribution in [2.45, 2.75) is 0 Å². The van der Waals surface area contributed by atoms with E-state index in [0.717, 1.165) is 4.47 Å². The minimum absolute atomic E-state index is 0. The molecule has 0 saturated carbocycles. The van der Waals surface area contributed by atoms with Crippen LogP contribution in [-0.2, 0) is 0 Å². The largest absolute Gasteiger partial charge is 0.0622 e. The molecule has 2 aromatic rings. The third-order valence-electron chi connectivity index (χ3n) is 1.96. The fourth-order valence-electron chi connectivity index (χ4n) is 1.31. The summed E-state index contributed by atoms with van der Waals surface area (Å²) in [6, 6.07) is 18.6. The van der Waals surface area contributed by atoms with Crippen LogP contribution in [0.2, 0.25) is 0 Å². The highest BCUT2D eigenvalue weighted by atomic mass is 79.9. The molecule has 0 saturated heterocycles. The van der Waals surface area contributed by atoms with Crippen molar-refractivity contribution in [2.24, 2.45) is 0 Å². The Morgan fingerprint density at radius 2 is 1.29 bits per heavy atom. The molecular weight excluding hydrogens is 252 g/mol. The Morgan fingerprint density at radius 3 is 1.93 bits per heavy atom. The molecule has 0 bridgehead atoms. The number of rotatable bonds is 1.